The van der Waals surface area contributed by atoms with Crippen molar-refractivity contribution in [3.63, 3.8) is 0 Å². The molecule has 1 aliphatic rings. The topological polar surface area (TPSA) is 32.3 Å². The lowest BCUT2D eigenvalue weighted by molar-refractivity contribution is 0.729. The monoisotopic (exact) mass is 262 g/mol. The number of nitrogens with zero attached hydrogens (tertiary/aromatic N) is 4. The quantitative estimate of drug-likeness (QED) is 0.789. The normalized spacial score (nSPS) is 15.0. The van der Waals surface area contributed by atoms with Crippen molar-refractivity contribution < 1.29 is 0 Å². The van der Waals surface area contributed by atoms with Gasteiger partial charge in [0, 0.05) is 32.2 Å². The summed E-state index contributed by atoms with van der Waals surface area (Å²) in [4.78, 5) is 14.0. The Hall–Kier alpha value is -1.32. The van der Waals surface area contributed by atoms with Gasteiger partial charge < -0.3 is 9.80 Å². The van der Waals surface area contributed by atoms with Crippen LogP contribution < -0.4 is 9.80 Å². The highest BCUT2D eigenvalue weighted by Crippen LogP contribution is 2.22. The summed E-state index contributed by atoms with van der Waals surface area (Å²) in [6, 6.07) is 2.17. The van der Waals surface area contributed by atoms with E-state index in [2.05, 4.69) is 39.7 Å². The molecule has 4 nitrogen and oxygen atoms in total. The molecule has 0 atom stereocenters. The molecule has 0 bridgehead atoms. The Kier molecular flexibility index (Phi) is 5.00. The fourth-order valence-electron chi connectivity index (χ4n) is 2.69. The van der Waals surface area contributed by atoms with Crippen LogP contribution in [0.5, 0.6) is 0 Å². The van der Waals surface area contributed by atoms with E-state index in [0.717, 1.165) is 56.5 Å². The van der Waals surface area contributed by atoms with E-state index < -0.39 is 0 Å². The molecular weight excluding hydrogens is 236 g/mol. The van der Waals surface area contributed by atoms with Crippen molar-refractivity contribution in [2.24, 2.45) is 0 Å². The fourth-order valence-corrected chi connectivity index (χ4v) is 2.69. The molecule has 0 aromatic carbocycles. The largest absolute Gasteiger partial charge is 0.356 e. The SMILES string of the molecule is CCCN(CCC)c1cc(N2CCCC2)nc(C)n1. The second kappa shape index (κ2) is 6.73. The van der Waals surface area contributed by atoms with Crippen LogP contribution in [0.4, 0.5) is 11.6 Å². The van der Waals surface area contributed by atoms with Crippen molar-refractivity contribution in [2.75, 3.05) is 36.0 Å². The standard InChI is InChI=1S/C15H26N4/c1-4-8-18(9-5-2)14-12-15(17-13(3)16-14)19-10-6-7-11-19/h12H,4-11H2,1-3H3. The first-order chi connectivity index (χ1) is 9.24. The number of anilines is 2. The Balaban J connectivity index is 2.23. The van der Waals surface area contributed by atoms with Gasteiger partial charge in [0.05, 0.1) is 0 Å². The molecule has 0 aliphatic carbocycles. The first-order valence-corrected chi connectivity index (χ1v) is 7.60. The number of hydrogen-bond donors (Lipinski definition) is 0. The second-order valence-corrected chi connectivity index (χ2v) is 5.31. The Morgan fingerprint density at radius 1 is 1.11 bits per heavy atom. The fraction of sp³-hybridized carbons (Fsp3) is 0.733. The predicted molar refractivity (Wildman–Crippen MR) is 81.0 cm³/mol. The van der Waals surface area contributed by atoms with Crippen LogP contribution in [0.3, 0.4) is 0 Å². The minimum atomic E-state index is 0.886. The van der Waals surface area contributed by atoms with Crippen LogP contribution in [0.15, 0.2) is 6.07 Å². The Morgan fingerprint density at radius 2 is 1.74 bits per heavy atom. The van der Waals surface area contributed by atoms with Gasteiger partial charge in [-0.25, -0.2) is 9.97 Å². The van der Waals surface area contributed by atoms with Gasteiger partial charge >= 0.3 is 0 Å². The molecule has 1 aromatic rings. The zero-order chi connectivity index (χ0) is 13.7. The molecule has 0 radical (unpaired) electrons. The van der Waals surface area contributed by atoms with Gasteiger partial charge in [0.15, 0.2) is 0 Å². The van der Waals surface area contributed by atoms with Crippen molar-refractivity contribution >= 4 is 11.6 Å². The average molecular weight is 262 g/mol. The molecular formula is C15H26N4. The number of aromatic nitrogens is 2. The van der Waals surface area contributed by atoms with E-state index in [-0.39, 0.29) is 0 Å². The molecule has 0 spiro atoms. The van der Waals surface area contributed by atoms with E-state index >= 15 is 0 Å². The van der Waals surface area contributed by atoms with Gasteiger partial charge in [0.1, 0.15) is 17.5 Å². The average Bonchev–Trinajstić information content (AvgIpc) is 2.91. The highest BCUT2D eigenvalue weighted by Gasteiger charge is 2.16. The van der Waals surface area contributed by atoms with Crippen LogP contribution in [0.25, 0.3) is 0 Å². The smallest absolute Gasteiger partial charge is 0.134 e. The van der Waals surface area contributed by atoms with Crippen LogP contribution in [-0.2, 0) is 0 Å². The van der Waals surface area contributed by atoms with Crippen LogP contribution in [0.2, 0.25) is 0 Å². The molecule has 0 N–H and O–H groups in total. The molecule has 2 rings (SSSR count). The van der Waals surface area contributed by atoms with Gasteiger partial charge in [0.25, 0.3) is 0 Å². The summed E-state index contributed by atoms with van der Waals surface area (Å²) in [6.07, 6.45) is 4.88. The maximum atomic E-state index is 4.63. The summed E-state index contributed by atoms with van der Waals surface area (Å²) >= 11 is 0. The molecule has 0 saturated carbocycles. The maximum absolute atomic E-state index is 4.63. The zero-order valence-electron chi connectivity index (χ0n) is 12.5. The van der Waals surface area contributed by atoms with Crippen molar-refractivity contribution in [2.45, 2.75) is 46.5 Å². The van der Waals surface area contributed by atoms with Crippen LogP contribution >= 0.6 is 0 Å². The first-order valence-electron chi connectivity index (χ1n) is 7.60. The Morgan fingerprint density at radius 3 is 2.32 bits per heavy atom. The summed E-state index contributed by atoms with van der Waals surface area (Å²) < 4.78 is 0. The minimum absolute atomic E-state index is 0.886. The van der Waals surface area contributed by atoms with Gasteiger partial charge in [-0.1, -0.05) is 13.8 Å². The summed E-state index contributed by atoms with van der Waals surface area (Å²) in [7, 11) is 0. The van der Waals surface area contributed by atoms with E-state index in [0.29, 0.717) is 0 Å². The summed E-state index contributed by atoms with van der Waals surface area (Å²) in [5.74, 6) is 3.09. The third-order valence-corrected chi connectivity index (χ3v) is 3.55. The Labute approximate surface area is 116 Å². The lowest BCUT2D eigenvalue weighted by Gasteiger charge is -2.25. The molecule has 1 aliphatic heterocycles. The number of hydrogen-bond acceptors (Lipinski definition) is 4. The van der Waals surface area contributed by atoms with Gasteiger partial charge in [-0.3, -0.25) is 0 Å². The first kappa shape index (κ1) is 14.1. The second-order valence-electron chi connectivity index (χ2n) is 5.31. The van der Waals surface area contributed by atoms with Crippen molar-refractivity contribution in [3.05, 3.63) is 11.9 Å². The van der Waals surface area contributed by atoms with E-state index in [4.69, 9.17) is 0 Å². The Bertz CT molecular complexity index is 393. The molecule has 1 fully saturated rings. The number of rotatable bonds is 6. The summed E-state index contributed by atoms with van der Waals surface area (Å²) in [5.41, 5.74) is 0. The van der Waals surface area contributed by atoms with Crippen LogP contribution in [-0.4, -0.2) is 36.1 Å². The van der Waals surface area contributed by atoms with Gasteiger partial charge in [0.2, 0.25) is 0 Å². The molecule has 0 amide bonds. The molecule has 1 aromatic heterocycles. The third-order valence-electron chi connectivity index (χ3n) is 3.55. The van der Waals surface area contributed by atoms with Crippen LogP contribution in [0, 0.1) is 6.92 Å². The number of aryl methyl sites for hydroxylation is 1. The van der Waals surface area contributed by atoms with Crippen molar-refractivity contribution in [1.82, 2.24) is 9.97 Å². The lowest BCUT2D eigenvalue weighted by Crippen LogP contribution is -2.27. The van der Waals surface area contributed by atoms with Gasteiger partial charge in [-0.15, -0.1) is 0 Å². The molecule has 19 heavy (non-hydrogen) atoms. The van der Waals surface area contributed by atoms with Crippen molar-refractivity contribution in [1.29, 1.82) is 0 Å². The molecule has 4 heteroatoms. The van der Waals surface area contributed by atoms with E-state index in [9.17, 15) is 0 Å². The summed E-state index contributed by atoms with van der Waals surface area (Å²) in [5, 5.41) is 0. The minimum Gasteiger partial charge on any atom is -0.356 e. The highest BCUT2D eigenvalue weighted by atomic mass is 15.2. The summed E-state index contributed by atoms with van der Waals surface area (Å²) in [6.45, 7) is 10.9. The molecule has 1 saturated heterocycles. The highest BCUT2D eigenvalue weighted by molar-refractivity contribution is 5.51. The van der Waals surface area contributed by atoms with Crippen molar-refractivity contribution in [3.8, 4) is 0 Å². The van der Waals surface area contributed by atoms with Gasteiger partial charge in [-0.05, 0) is 32.6 Å². The molecule has 0 unspecified atom stereocenters. The molecule has 106 valence electrons. The van der Waals surface area contributed by atoms with E-state index in [1.54, 1.807) is 0 Å². The van der Waals surface area contributed by atoms with E-state index in [1.165, 1.54) is 12.8 Å². The van der Waals surface area contributed by atoms with Crippen LogP contribution in [0.1, 0.15) is 45.4 Å². The van der Waals surface area contributed by atoms with Gasteiger partial charge in [-0.2, -0.15) is 0 Å². The maximum Gasteiger partial charge on any atom is 0.134 e. The lowest BCUT2D eigenvalue weighted by atomic mass is 10.3. The third kappa shape index (κ3) is 3.58. The van der Waals surface area contributed by atoms with E-state index in [1.807, 2.05) is 6.92 Å². The zero-order valence-corrected chi connectivity index (χ0v) is 12.5. The molecule has 2 heterocycles. The predicted octanol–water partition coefficient (Wildman–Crippen LogP) is 3.01.